The molecule has 0 saturated carbocycles. The Labute approximate surface area is 164 Å². The van der Waals surface area contributed by atoms with E-state index in [0.29, 0.717) is 17.3 Å². The fourth-order valence-electron chi connectivity index (χ4n) is 1.98. The zero-order valence-electron chi connectivity index (χ0n) is 14.0. The SMILES string of the molecule is Nc1ccc(C(=O)OCC(=O)NCCSc2ccc(Cl)cc2)cc1[N+](=O)[O-]. The zero-order chi connectivity index (χ0) is 19.8. The molecule has 10 heteroatoms. The normalized spacial score (nSPS) is 10.3. The number of carbonyl (C=O) groups is 2. The highest BCUT2D eigenvalue weighted by molar-refractivity contribution is 7.99. The predicted octanol–water partition coefficient (Wildman–Crippen LogP) is 2.90. The maximum absolute atomic E-state index is 11.9. The maximum Gasteiger partial charge on any atom is 0.338 e. The molecule has 0 bridgehead atoms. The van der Waals surface area contributed by atoms with Gasteiger partial charge in [-0.1, -0.05) is 11.6 Å². The molecule has 0 spiro atoms. The van der Waals surface area contributed by atoms with Crippen molar-refractivity contribution in [3.05, 3.63) is 63.2 Å². The molecular formula is C17H16ClN3O5S. The van der Waals surface area contributed by atoms with E-state index >= 15 is 0 Å². The van der Waals surface area contributed by atoms with E-state index in [1.165, 1.54) is 12.1 Å². The van der Waals surface area contributed by atoms with Crippen LogP contribution >= 0.6 is 23.4 Å². The minimum absolute atomic E-state index is 0.0537. The summed E-state index contributed by atoms with van der Waals surface area (Å²) in [5.74, 6) is -0.681. The van der Waals surface area contributed by atoms with Crippen LogP contribution < -0.4 is 11.1 Å². The molecule has 0 heterocycles. The van der Waals surface area contributed by atoms with Gasteiger partial charge >= 0.3 is 5.97 Å². The third kappa shape index (κ3) is 6.46. The number of amides is 1. The number of benzene rings is 2. The molecule has 0 unspecified atom stereocenters. The van der Waals surface area contributed by atoms with Gasteiger partial charge in [-0.25, -0.2) is 4.79 Å². The Balaban J connectivity index is 1.73. The van der Waals surface area contributed by atoms with E-state index < -0.39 is 29.1 Å². The molecule has 0 aliphatic rings. The van der Waals surface area contributed by atoms with Gasteiger partial charge in [0.15, 0.2) is 6.61 Å². The van der Waals surface area contributed by atoms with Crippen molar-refractivity contribution in [3.8, 4) is 0 Å². The van der Waals surface area contributed by atoms with Crippen LogP contribution in [0.1, 0.15) is 10.4 Å². The number of ether oxygens (including phenoxy) is 1. The largest absolute Gasteiger partial charge is 0.452 e. The van der Waals surface area contributed by atoms with E-state index in [1.54, 1.807) is 23.9 Å². The van der Waals surface area contributed by atoms with E-state index in [2.05, 4.69) is 5.32 Å². The molecule has 3 N–H and O–H groups in total. The van der Waals surface area contributed by atoms with Crippen molar-refractivity contribution in [1.29, 1.82) is 0 Å². The average Bonchev–Trinajstić information content (AvgIpc) is 2.64. The summed E-state index contributed by atoms with van der Waals surface area (Å²) in [6.07, 6.45) is 0. The quantitative estimate of drug-likeness (QED) is 0.171. The minimum atomic E-state index is -0.844. The molecule has 142 valence electrons. The number of nitro benzene ring substituents is 1. The number of halogens is 1. The molecule has 0 radical (unpaired) electrons. The number of nitrogens with two attached hydrogens (primary N) is 1. The van der Waals surface area contributed by atoms with Gasteiger partial charge in [0, 0.05) is 28.3 Å². The van der Waals surface area contributed by atoms with Crippen molar-refractivity contribution in [2.75, 3.05) is 24.6 Å². The lowest BCUT2D eigenvalue weighted by molar-refractivity contribution is -0.383. The van der Waals surface area contributed by atoms with Crippen LogP contribution in [-0.2, 0) is 9.53 Å². The summed E-state index contributed by atoms with van der Waals surface area (Å²) in [6.45, 7) is -0.0976. The van der Waals surface area contributed by atoms with Crippen LogP contribution in [0, 0.1) is 10.1 Å². The van der Waals surface area contributed by atoms with Crippen LogP contribution in [0.15, 0.2) is 47.4 Å². The van der Waals surface area contributed by atoms with E-state index in [0.717, 1.165) is 11.0 Å². The number of hydrogen-bond acceptors (Lipinski definition) is 7. The molecule has 0 saturated heterocycles. The molecule has 2 aromatic carbocycles. The number of anilines is 1. The first kappa shape index (κ1) is 20.5. The van der Waals surface area contributed by atoms with Crippen molar-refractivity contribution in [2.45, 2.75) is 4.90 Å². The standard InChI is InChI=1S/C17H16ClN3O5S/c18-12-2-4-13(5-3-12)27-8-7-20-16(22)10-26-17(23)11-1-6-14(19)15(9-11)21(24)25/h1-6,9H,7-8,10,19H2,(H,20,22). The lowest BCUT2D eigenvalue weighted by Gasteiger charge is -2.07. The first-order valence-electron chi connectivity index (χ1n) is 7.73. The fraction of sp³-hybridized carbons (Fsp3) is 0.176. The molecule has 8 nitrogen and oxygen atoms in total. The topological polar surface area (TPSA) is 125 Å². The molecule has 0 fully saturated rings. The molecule has 0 aromatic heterocycles. The van der Waals surface area contributed by atoms with E-state index in [1.807, 2.05) is 12.1 Å². The highest BCUT2D eigenvalue weighted by Crippen LogP contribution is 2.22. The fourth-order valence-corrected chi connectivity index (χ4v) is 2.88. The molecular weight excluding hydrogens is 394 g/mol. The van der Waals surface area contributed by atoms with Gasteiger partial charge in [0.05, 0.1) is 10.5 Å². The third-order valence-corrected chi connectivity index (χ3v) is 4.57. The summed E-state index contributed by atoms with van der Waals surface area (Å²) in [6, 6.07) is 10.9. The number of thioether (sulfide) groups is 1. The van der Waals surface area contributed by atoms with Crippen LogP contribution in [-0.4, -0.2) is 35.7 Å². The van der Waals surface area contributed by atoms with Crippen molar-refractivity contribution < 1.29 is 19.2 Å². The summed E-state index contributed by atoms with van der Waals surface area (Å²) in [7, 11) is 0. The number of nitrogens with zero attached hydrogens (tertiary/aromatic N) is 1. The monoisotopic (exact) mass is 409 g/mol. The van der Waals surface area contributed by atoms with Gasteiger partial charge in [-0.3, -0.25) is 14.9 Å². The van der Waals surface area contributed by atoms with Gasteiger partial charge in [0.25, 0.3) is 11.6 Å². The highest BCUT2D eigenvalue weighted by Gasteiger charge is 2.17. The summed E-state index contributed by atoms with van der Waals surface area (Å²) in [4.78, 5) is 34.8. The van der Waals surface area contributed by atoms with E-state index in [4.69, 9.17) is 22.1 Å². The smallest absolute Gasteiger partial charge is 0.338 e. The Morgan fingerprint density at radius 2 is 1.93 bits per heavy atom. The molecule has 2 aromatic rings. The predicted molar refractivity (Wildman–Crippen MR) is 103 cm³/mol. The lowest BCUT2D eigenvalue weighted by Crippen LogP contribution is -2.30. The minimum Gasteiger partial charge on any atom is -0.452 e. The number of hydrogen-bond donors (Lipinski definition) is 2. The molecule has 0 aliphatic carbocycles. The summed E-state index contributed by atoms with van der Waals surface area (Å²) < 4.78 is 4.86. The number of rotatable bonds is 8. The molecule has 0 atom stereocenters. The van der Waals surface area contributed by atoms with Crippen LogP contribution in [0.3, 0.4) is 0 Å². The Hall–Kier alpha value is -2.78. The van der Waals surface area contributed by atoms with Gasteiger partial charge < -0.3 is 15.8 Å². The second-order valence-corrected chi connectivity index (χ2v) is 6.86. The molecule has 27 heavy (non-hydrogen) atoms. The van der Waals surface area contributed by atoms with Gasteiger partial charge in [-0.2, -0.15) is 0 Å². The van der Waals surface area contributed by atoms with Crippen LogP contribution in [0.2, 0.25) is 5.02 Å². The molecule has 1 amide bonds. The zero-order valence-corrected chi connectivity index (χ0v) is 15.6. The Bertz CT molecular complexity index is 845. The van der Waals surface area contributed by atoms with Gasteiger partial charge in [0.2, 0.25) is 0 Å². The number of carbonyl (C=O) groups excluding carboxylic acids is 2. The molecule has 2 rings (SSSR count). The van der Waals surface area contributed by atoms with Crippen molar-refractivity contribution >= 4 is 46.6 Å². The van der Waals surface area contributed by atoms with Crippen LogP contribution in [0.4, 0.5) is 11.4 Å². The maximum atomic E-state index is 11.9. The second-order valence-electron chi connectivity index (χ2n) is 5.26. The van der Waals surface area contributed by atoms with Crippen LogP contribution in [0.5, 0.6) is 0 Å². The lowest BCUT2D eigenvalue weighted by atomic mass is 10.2. The Morgan fingerprint density at radius 3 is 2.59 bits per heavy atom. The molecule has 0 aliphatic heterocycles. The summed E-state index contributed by atoms with van der Waals surface area (Å²) >= 11 is 7.34. The van der Waals surface area contributed by atoms with Crippen molar-refractivity contribution in [1.82, 2.24) is 5.32 Å². The number of nitrogen functional groups attached to an aromatic ring is 1. The summed E-state index contributed by atoms with van der Waals surface area (Å²) in [5.41, 5.74) is 4.95. The van der Waals surface area contributed by atoms with Gasteiger partial charge in [0.1, 0.15) is 5.69 Å². The number of esters is 1. The van der Waals surface area contributed by atoms with Crippen molar-refractivity contribution in [3.63, 3.8) is 0 Å². The van der Waals surface area contributed by atoms with Gasteiger partial charge in [-0.15, -0.1) is 11.8 Å². The second kappa shape index (κ2) is 9.79. The van der Waals surface area contributed by atoms with Gasteiger partial charge in [-0.05, 0) is 36.4 Å². The third-order valence-electron chi connectivity index (χ3n) is 3.30. The van der Waals surface area contributed by atoms with Crippen molar-refractivity contribution in [2.24, 2.45) is 0 Å². The first-order valence-corrected chi connectivity index (χ1v) is 9.09. The highest BCUT2D eigenvalue weighted by atomic mass is 35.5. The van der Waals surface area contributed by atoms with E-state index in [9.17, 15) is 19.7 Å². The average molecular weight is 410 g/mol. The first-order chi connectivity index (χ1) is 12.9. The Morgan fingerprint density at radius 1 is 1.22 bits per heavy atom. The summed E-state index contributed by atoms with van der Waals surface area (Å²) in [5, 5.41) is 14.1. The Kier molecular flexibility index (Phi) is 7.44. The van der Waals surface area contributed by atoms with E-state index in [-0.39, 0.29) is 11.3 Å². The number of nitro groups is 1. The number of nitrogens with one attached hydrogen (secondary N) is 1. The van der Waals surface area contributed by atoms with Crippen LogP contribution in [0.25, 0.3) is 0 Å².